The minimum absolute atomic E-state index is 0.266. The molecule has 0 aliphatic carbocycles. The summed E-state index contributed by atoms with van der Waals surface area (Å²) in [5, 5.41) is 10.6. The van der Waals surface area contributed by atoms with E-state index in [4.69, 9.17) is 10.2 Å². The molecule has 0 bridgehead atoms. The first-order valence-electron chi connectivity index (χ1n) is 5.77. The van der Waals surface area contributed by atoms with E-state index in [1.807, 2.05) is 13.0 Å². The SMILES string of the molecule is Cc1c(-c2cocc2CN)[nH]c2ccc(O)cc12. The second kappa shape index (κ2) is 3.92. The fourth-order valence-corrected chi connectivity index (χ4v) is 2.28. The van der Waals surface area contributed by atoms with E-state index in [-0.39, 0.29) is 5.75 Å². The monoisotopic (exact) mass is 242 g/mol. The summed E-state index contributed by atoms with van der Waals surface area (Å²) in [5.74, 6) is 0.266. The lowest BCUT2D eigenvalue weighted by atomic mass is 10.1. The zero-order valence-corrected chi connectivity index (χ0v) is 10.0. The number of aromatic hydroxyl groups is 1. The third kappa shape index (κ3) is 1.50. The summed E-state index contributed by atoms with van der Waals surface area (Å²) in [6, 6.07) is 5.29. The Morgan fingerprint density at radius 1 is 1.33 bits per heavy atom. The van der Waals surface area contributed by atoms with E-state index in [0.717, 1.165) is 33.3 Å². The second-order valence-electron chi connectivity index (χ2n) is 4.37. The van der Waals surface area contributed by atoms with Crippen molar-refractivity contribution in [3.05, 3.63) is 41.9 Å². The normalized spacial score (nSPS) is 11.2. The molecule has 0 unspecified atom stereocenters. The first-order valence-corrected chi connectivity index (χ1v) is 5.77. The molecule has 4 nitrogen and oxygen atoms in total. The van der Waals surface area contributed by atoms with Gasteiger partial charge in [-0.1, -0.05) is 0 Å². The van der Waals surface area contributed by atoms with Crippen LogP contribution in [0.2, 0.25) is 0 Å². The molecule has 0 spiro atoms. The number of aromatic amines is 1. The summed E-state index contributed by atoms with van der Waals surface area (Å²) in [4.78, 5) is 3.34. The average Bonchev–Trinajstić information content (AvgIpc) is 2.94. The number of hydrogen-bond acceptors (Lipinski definition) is 3. The van der Waals surface area contributed by atoms with Crippen LogP contribution < -0.4 is 5.73 Å². The maximum Gasteiger partial charge on any atom is 0.116 e. The highest BCUT2D eigenvalue weighted by Gasteiger charge is 2.14. The molecule has 4 N–H and O–H groups in total. The van der Waals surface area contributed by atoms with Gasteiger partial charge in [-0.25, -0.2) is 0 Å². The van der Waals surface area contributed by atoms with Crippen molar-refractivity contribution in [2.75, 3.05) is 0 Å². The Kier molecular flexibility index (Phi) is 2.38. The van der Waals surface area contributed by atoms with Crippen LogP contribution in [0.3, 0.4) is 0 Å². The van der Waals surface area contributed by atoms with Gasteiger partial charge in [-0.2, -0.15) is 0 Å². The van der Waals surface area contributed by atoms with Crippen molar-refractivity contribution in [1.82, 2.24) is 4.98 Å². The van der Waals surface area contributed by atoms with Gasteiger partial charge in [-0.3, -0.25) is 0 Å². The fraction of sp³-hybridized carbons (Fsp3) is 0.143. The van der Waals surface area contributed by atoms with Crippen molar-refractivity contribution in [3.63, 3.8) is 0 Å². The van der Waals surface area contributed by atoms with Gasteiger partial charge >= 0.3 is 0 Å². The van der Waals surface area contributed by atoms with Crippen LogP contribution in [0, 0.1) is 6.92 Å². The fourth-order valence-electron chi connectivity index (χ4n) is 2.28. The number of aryl methyl sites for hydroxylation is 1. The molecular formula is C14H14N2O2. The number of rotatable bonds is 2. The average molecular weight is 242 g/mol. The maximum atomic E-state index is 9.54. The maximum absolute atomic E-state index is 9.54. The van der Waals surface area contributed by atoms with Crippen LogP contribution in [0.25, 0.3) is 22.2 Å². The Labute approximate surface area is 104 Å². The third-order valence-corrected chi connectivity index (χ3v) is 3.27. The number of fused-ring (bicyclic) bond motifs is 1. The van der Waals surface area contributed by atoms with Gasteiger partial charge in [0.05, 0.1) is 18.2 Å². The Morgan fingerprint density at radius 3 is 2.94 bits per heavy atom. The molecule has 0 radical (unpaired) electrons. The van der Waals surface area contributed by atoms with Crippen LogP contribution >= 0.6 is 0 Å². The third-order valence-electron chi connectivity index (χ3n) is 3.27. The zero-order chi connectivity index (χ0) is 12.7. The van der Waals surface area contributed by atoms with Gasteiger partial charge in [0.25, 0.3) is 0 Å². The quantitative estimate of drug-likeness (QED) is 0.646. The predicted molar refractivity (Wildman–Crippen MR) is 70.3 cm³/mol. The summed E-state index contributed by atoms with van der Waals surface area (Å²) in [6.07, 6.45) is 3.36. The number of benzene rings is 1. The minimum Gasteiger partial charge on any atom is -0.508 e. The van der Waals surface area contributed by atoms with Crippen molar-refractivity contribution in [2.24, 2.45) is 5.73 Å². The van der Waals surface area contributed by atoms with Crippen molar-refractivity contribution >= 4 is 10.9 Å². The number of hydrogen-bond donors (Lipinski definition) is 3. The molecule has 0 saturated heterocycles. The van der Waals surface area contributed by atoms with E-state index in [1.54, 1.807) is 24.7 Å². The van der Waals surface area contributed by atoms with Gasteiger partial charge in [-0.05, 0) is 30.7 Å². The van der Waals surface area contributed by atoms with Crippen molar-refractivity contribution in [1.29, 1.82) is 0 Å². The molecule has 2 aromatic heterocycles. The Bertz CT molecular complexity index is 710. The molecule has 0 aliphatic rings. The number of aromatic nitrogens is 1. The minimum atomic E-state index is 0.266. The molecule has 0 atom stereocenters. The highest BCUT2D eigenvalue weighted by atomic mass is 16.3. The van der Waals surface area contributed by atoms with Crippen molar-refractivity contribution < 1.29 is 9.52 Å². The van der Waals surface area contributed by atoms with Gasteiger partial charge in [0.2, 0.25) is 0 Å². The topological polar surface area (TPSA) is 75.2 Å². The number of H-pyrrole nitrogens is 1. The van der Waals surface area contributed by atoms with Crippen LogP contribution in [-0.2, 0) is 6.54 Å². The summed E-state index contributed by atoms with van der Waals surface area (Å²) < 4.78 is 5.22. The molecular weight excluding hydrogens is 228 g/mol. The van der Waals surface area contributed by atoms with E-state index in [2.05, 4.69) is 4.98 Å². The van der Waals surface area contributed by atoms with Crippen LogP contribution in [0.15, 0.2) is 35.1 Å². The van der Waals surface area contributed by atoms with E-state index in [1.165, 1.54) is 0 Å². The molecule has 3 rings (SSSR count). The number of furan rings is 1. The number of phenolic OH excluding ortho intramolecular Hbond substituents is 1. The second-order valence-corrected chi connectivity index (χ2v) is 4.37. The van der Waals surface area contributed by atoms with Crippen molar-refractivity contribution in [3.8, 4) is 17.0 Å². The molecule has 0 amide bonds. The Balaban J connectivity index is 2.27. The van der Waals surface area contributed by atoms with Crippen LogP contribution in [0.5, 0.6) is 5.75 Å². The summed E-state index contributed by atoms with van der Waals surface area (Å²) in [5.41, 5.74) is 10.7. The number of nitrogens with two attached hydrogens (primary N) is 1. The molecule has 3 aromatic rings. The van der Waals surface area contributed by atoms with Gasteiger partial charge in [0.1, 0.15) is 5.75 Å². The molecule has 0 aliphatic heterocycles. The Morgan fingerprint density at radius 2 is 2.17 bits per heavy atom. The lowest BCUT2D eigenvalue weighted by Crippen LogP contribution is -1.96. The first kappa shape index (κ1) is 10.9. The van der Waals surface area contributed by atoms with Crippen LogP contribution in [-0.4, -0.2) is 10.1 Å². The summed E-state index contributed by atoms with van der Waals surface area (Å²) >= 11 is 0. The molecule has 0 fully saturated rings. The Hall–Kier alpha value is -2.20. The molecule has 0 saturated carbocycles. The molecule has 2 heterocycles. The van der Waals surface area contributed by atoms with E-state index < -0.39 is 0 Å². The largest absolute Gasteiger partial charge is 0.508 e. The van der Waals surface area contributed by atoms with Crippen LogP contribution in [0.1, 0.15) is 11.1 Å². The molecule has 1 aromatic carbocycles. The standard InChI is InChI=1S/C14H14N2O2/c1-8-11-4-10(17)2-3-13(11)16-14(8)12-7-18-6-9(12)5-15/h2-4,6-7,16-17H,5,15H2,1H3. The van der Waals surface area contributed by atoms with Gasteiger partial charge in [0, 0.05) is 28.6 Å². The van der Waals surface area contributed by atoms with E-state index in [0.29, 0.717) is 6.54 Å². The predicted octanol–water partition coefficient (Wildman–Crippen LogP) is 2.90. The van der Waals surface area contributed by atoms with E-state index in [9.17, 15) is 5.11 Å². The smallest absolute Gasteiger partial charge is 0.116 e. The van der Waals surface area contributed by atoms with Crippen LogP contribution in [0.4, 0.5) is 0 Å². The van der Waals surface area contributed by atoms with Crippen molar-refractivity contribution in [2.45, 2.75) is 13.5 Å². The zero-order valence-electron chi connectivity index (χ0n) is 10.0. The van der Waals surface area contributed by atoms with Gasteiger partial charge in [0.15, 0.2) is 0 Å². The first-order chi connectivity index (χ1) is 8.70. The summed E-state index contributed by atoms with van der Waals surface area (Å²) in [7, 11) is 0. The van der Waals surface area contributed by atoms with Gasteiger partial charge < -0.3 is 20.2 Å². The lowest BCUT2D eigenvalue weighted by Gasteiger charge is -1.99. The number of nitrogens with one attached hydrogen (secondary N) is 1. The highest BCUT2D eigenvalue weighted by molar-refractivity contribution is 5.91. The lowest BCUT2D eigenvalue weighted by molar-refractivity contribution is 0.476. The van der Waals surface area contributed by atoms with E-state index >= 15 is 0 Å². The molecule has 18 heavy (non-hydrogen) atoms. The van der Waals surface area contributed by atoms with Gasteiger partial charge in [-0.15, -0.1) is 0 Å². The molecule has 92 valence electrons. The molecule has 4 heteroatoms. The summed E-state index contributed by atoms with van der Waals surface area (Å²) in [6.45, 7) is 2.45. The highest BCUT2D eigenvalue weighted by Crippen LogP contribution is 2.33. The number of phenols is 1.